The highest BCUT2D eigenvalue weighted by atomic mass is 15.1. The third-order valence-corrected chi connectivity index (χ3v) is 14.0. The number of anilines is 3. The summed E-state index contributed by atoms with van der Waals surface area (Å²) in [6, 6.07) is 87.3. The van der Waals surface area contributed by atoms with Crippen molar-refractivity contribution in [2.24, 2.45) is 0 Å². The van der Waals surface area contributed by atoms with E-state index in [9.17, 15) is 0 Å². The molecule has 0 aliphatic heterocycles. The normalized spacial score (nSPS) is 13.1. The van der Waals surface area contributed by atoms with Crippen molar-refractivity contribution in [1.82, 2.24) is 4.57 Å². The first-order valence-electron chi connectivity index (χ1n) is 23.6. The summed E-state index contributed by atoms with van der Waals surface area (Å²) < 4.78 is 2.45. The summed E-state index contributed by atoms with van der Waals surface area (Å²) in [4.78, 5) is 2.48. The Morgan fingerprint density at radius 1 is 0.364 bits per heavy atom. The number of hydrogen-bond acceptors (Lipinski definition) is 1. The molecule has 316 valence electrons. The Morgan fingerprint density at radius 3 is 1.64 bits per heavy atom. The van der Waals surface area contributed by atoms with Gasteiger partial charge in [-0.3, -0.25) is 0 Å². The predicted molar refractivity (Wildman–Crippen MR) is 281 cm³/mol. The van der Waals surface area contributed by atoms with Crippen molar-refractivity contribution in [3.63, 3.8) is 0 Å². The van der Waals surface area contributed by atoms with Gasteiger partial charge in [-0.2, -0.15) is 0 Å². The maximum absolute atomic E-state index is 2.48. The molecule has 1 heterocycles. The molecule has 0 saturated heterocycles. The molecular weight excluding hydrogens is 797 g/mol. The standard InChI is InChI=1S/C64H50N2/c1-5-17-45(18-6-1)46-29-31-47(32-30-46)48-33-36-53(37-34-48)66-61-28-16-15-27-58(61)59-41-39-55(44-63(59)66)65(62-42-35-51-23-13-14-26-57(51)64(62)52-24-11-4-12-25-52)54-38-40-56(49-19-7-2-8-20-49)60(43-54)50-21-9-3-10-22-50/h2-4,7-16,19-45H,1,5-6,17-18H2. The van der Waals surface area contributed by atoms with Crippen molar-refractivity contribution < 1.29 is 0 Å². The molecular formula is C64H50N2. The van der Waals surface area contributed by atoms with Gasteiger partial charge < -0.3 is 9.47 Å². The summed E-state index contributed by atoms with van der Waals surface area (Å²) in [6.45, 7) is 0. The maximum Gasteiger partial charge on any atom is 0.0561 e. The molecule has 1 aliphatic carbocycles. The molecule has 12 rings (SSSR count). The molecule has 1 aromatic heterocycles. The molecule has 0 bridgehead atoms. The van der Waals surface area contributed by atoms with Crippen molar-refractivity contribution in [2.45, 2.75) is 38.0 Å². The molecule has 1 saturated carbocycles. The average molecular weight is 847 g/mol. The van der Waals surface area contributed by atoms with Crippen LogP contribution < -0.4 is 4.90 Å². The van der Waals surface area contributed by atoms with E-state index < -0.39 is 0 Å². The van der Waals surface area contributed by atoms with Crippen LogP contribution in [-0.2, 0) is 0 Å². The molecule has 1 aliphatic rings. The minimum atomic E-state index is 0.706. The zero-order valence-electron chi connectivity index (χ0n) is 37.0. The van der Waals surface area contributed by atoms with Gasteiger partial charge >= 0.3 is 0 Å². The molecule has 0 spiro atoms. The van der Waals surface area contributed by atoms with E-state index in [1.807, 2.05) is 0 Å². The Morgan fingerprint density at radius 2 is 0.924 bits per heavy atom. The lowest BCUT2D eigenvalue weighted by Gasteiger charge is -2.30. The van der Waals surface area contributed by atoms with E-state index in [4.69, 9.17) is 0 Å². The van der Waals surface area contributed by atoms with Crippen LogP contribution in [0.15, 0.2) is 237 Å². The molecule has 0 radical (unpaired) electrons. The summed E-state index contributed by atoms with van der Waals surface area (Å²) in [5.74, 6) is 0.706. The number of fused-ring (bicyclic) bond motifs is 4. The molecule has 10 aromatic carbocycles. The van der Waals surface area contributed by atoms with Crippen molar-refractivity contribution in [1.29, 1.82) is 0 Å². The van der Waals surface area contributed by atoms with Gasteiger partial charge in [0.25, 0.3) is 0 Å². The number of rotatable bonds is 9. The van der Waals surface area contributed by atoms with Crippen molar-refractivity contribution in [2.75, 3.05) is 4.90 Å². The highest BCUT2D eigenvalue weighted by Gasteiger charge is 2.23. The second kappa shape index (κ2) is 17.2. The largest absolute Gasteiger partial charge is 0.310 e. The van der Waals surface area contributed by atoms with E-state index in [1.54, 1.807) is 0 Å². The lowest BCUT2D eigenvalue weighted by molar-refractivity contribution is 0.443. The van der Waals surface area contributed by atoms with E-state index in [2.05, 4.69) is 246 Å². The predicted octanol–water partition coefficient (Wildman–Crippen LogP) is 18.1. The Bertz CT molecular complexity index is 3470. The molecule has 2 heteroatoms. The number of hydrogen-bond donors (Lipinski definition) is 0. The third-order valence-electron chi connectivity index (χ3n) is 14.0. The first kappa shape index (κ1) is 39.6. The Hall–Kier alpha value is -7.94. The van der Waals surface area contributed by atoms with Crippen LogP contribution in [0, 0.1) is 0 Å². The molecule has 0 unspecified atom stereocenters. The first-order chi connectivity index (χ1) is 32.7. The highest BCUT2D eigenvalue weighted by Crippen LogP contribution is 2.48. The Labute approximate surface area is 387 Å². The van der Waals surface area contributed by atoms with E-state index in [0.717, 1.165) is 28.3 Å². The molecule has 1 fully saturated rings. The topological polar surface area (TPSA) is 8.17 Å². The lowest BCUT2D eigenvalue weighted by Crippen LogP contribution is -2.12. The highest BCUT2D eigenvalue weighted by molar-refractivity contribution is 6.11. The minimum Gasteiger partial charge on any atom is -0.310 e. The van der Waals surface area contributed by atoms with Crippen LogP contribution in [0.2, 0.25) is 0 Å². The SMILES string of the molecule is c1ccc(-c2ccc(N(c3ccc4c5ccccc5n(-c5ccc(-c6ccc(C7CCCCC7)cc6)cc5)c4c3)c3ccc4ccccc4c3-c3ccccc3)cc2-c2ccccc2)cc1. The van der Waals surface area contributed by atoms with E-state index in [1.165, 1.54) is 109 Å². The average Bonchev–Trinajstić information content (AvgIpc) is 3.73. The Balaban J connectivity index is 1.06. The van der Waals surface area contributed by atoms with Crippen LogP contribution in [0.3, 0.4) is 0 Å². The van der Waals surface area contributed by atoms with Crippen LogP contribution in [0.5, 0.6) is 0 Å². The number of para-hydroxylation sites is 1. The molecule has 0 atom stereocenters. The minimum absolute atomic E-state index is 0.706. The monoisotopic (exact) mass is 846 g/mol. The molecule has 66 heavy (non-hydrogen) atoms. The Kier molecular flexibility index (Phi) is 10.3. The quantitative estimate of drug-likeness (QED) is 0.140. The van der Waals surface area contributed by atoms with Gasteiger partial charge in [0.15, 0.2) is 0 Å². The van der Waals surface area contributed by atoms with Crippen molar-refractivity contribution in [3.8, 4) is 50.2 Å². The fourth-order valence-electron chi connectivity index (χ4n) is 10.7. The van der Waals surface area contributed by atoms with Crippen molar-refractivity contribution >= 4 is 49.6 Å². The number of aromatic nitrogens is 1. The van der Waals surface area contributed by atoms with Crippen LogP contribution in [0.25, 0.3) is 82.8 Å². The summed E-state index contributed by atoms with van der Waals surface area (Å²) in [5.41, 5.74) is 17.9. The number of benzene rings is 10. The smallest absolute Gasteiger partial charge is 0.0561 e. The zero-order valence-corrected chi connectivity index (χ0v) is 37.0. The second-order valence-corrected chi connectivity index (χ2v) is 17.9. The van der Waals surface area contributed by atoms with E-state index >= 15 is 0 Å². The first-order valence-corrected chi connectivity index (χ1v) is 23.6. The van der Waals surface area contributed by atoms with Crippen LogP contribution in [0.4, 0.5) is 17.1 Å². The van der Waals surface area contributed by atoms with Gasteiger partial charge in [0, 0.05) is 33.4 Å². The fraction of sp³-hybridized carbons (Fsp3) is 0.0938. The van der Waals surface area contributed by atoms with Gasteiger partial charge in [-0.05, 0) is 123 Å². The van der Waals surface area contributed by atoms with Gasteiger partial charge in [-0.25, -0.2) is 0 Å². The fourth-order valence-corrected chi connectivity index (χ4v) is 10.7. The summed E-state index contributed by atoms with van der Waals surface area (Å²) in [5, 5.41) is 4.89. The van der Waals surface area contributed by atoms with Crippen LogP contribution >= 0.6 is 0 Å². The third kappa shape index (κ3) is 7.25. The van der Waals surface area contributed by atoms with E-state index in [0.29, 0.717) is 5.92 Å². The lowest BCUT2D eigenvalue weighted by atomic mass is 9.84. The van der Waals surface area contributed by atoms with Gasteiger partial charge in [0.1, 0.15) is 0 Å². The summed E-state index contributed by atoms with van der Waals surface area (Å²) >= 11 is 0. The summed E-state index contributed by atoms with van der Waals surface area (Å²) in [6.07, 6.45) is 6.72. The van der Waals surface area contributed by atoms with Gasteiger partial charge in [0.2, 0.25) is 0 Å². The van der Waals surface area contributed by atoms with Gasteiger partial charge in [-0.1, -0.05) is 207 Å². The van der Waals surface area contributed by atoms with Gasteiger partial charge in [0.05, 0.1) is 16.7 Å². The van der Waals surface area contributed by atoms with Crippen LogP contribution in [0.1, 0.15) is 43.6 Å². The van der Waals surface area contributed by atoms with E-state index in [-0.39, 0.29) is 0 Å². The second-order valence-electron chi connectivity index (χ2n) is 17.9. The molecule has 11 aromatic rings. The van der Waals surface area contributed by atoms with Gasteiger partial charge in [-0.15, -0.1) is 0 Å². The zero-order chi connectivity index (χ0) is 43.8. The maximum atomic E-state index is 2.48. The summed E-state index contributed by atoms with van der Waals surface area (Å²) in [7, 11) is 0. The molecule has 0 amide bonds. The number of nitrogens with zero attached hydrogens (tertiary/aromatic N) is 2. The van der Waals surface area contributed by atoms with Crippen molar-refractivity contribution in [3.05, 3.63) is 242 Å². The molecule has 0 N–H and O–H groups in total. The molecule has 2 nitrogen and oxygen atoms in total. The van der Waals surface area contributed by atoms with Crippen LogP contribution in [-0.4, -0.2) is 4.57 Å².